The van der Waals surface area contributed by atoms with Gasteiger partial charge in [0.25, 0.3) is 0 Å². The van der Waals surface area contributed by atoms with Crippen LogP contribution in [0, 0.1) is 0 Å². The van der Waals surface area contributed by atoms with Gasteiger partial charge in [-0.25, -0.2) is 4.99 Å². The molecule has 1 aliphatic rings. The van der Waals surface area contributed by atoms with Gasteiger partial charge in [0.05, 0.1) is 11.0 Å². The predicted octanol–water partition coefficient (Wildman–Crippen LogP) is 16.0. The van der Waals surface area contributed by atoms with E-state index in [-0.39, 0.29) is 5.92 Å². The highest BCUT2D eigenvalue weighted by molar-refractivity contribution is 7.28. The Hall–Kier alpha value is -6.53. The number of hydrogen-bond acceptors (Lipinski definition) is 4. The smallest absolute Gasteiger partial charge is 0.138 e. The third-order valence-electron chi connectivity index (χ3n) is 12.5. The number of fused-ring (bicyclic) bond motifs is 14. The monoisotopic (exact) mass is 778 g/mol. The standard InChI is InChI=1S/C53H34N2OS2/c1-2-14-31(15-3-1)40-29-44-50(34-18-5-4-16-32(34)40)38-19-6-9-24-43(38)55(44)49-27-13-21-35(52-51(54-49)39-20-7-10-25-45(39)56-52)36-22-12-23-37-42-28-41-33-17-8-11-26-46(33)57-47(41)30-48(42)58-53(36)37/h1-12,14-20,22-26,28-30,35H,13,21,27H2/b54-49+. The first-order valence-electron chi connectivity index (χ1n) is 20.1. The Morgan fingerprint density at radius 2 is 1.24 bits per heavy atom. The molecule has 0 N–H and O–H groups in total. The molecule has 5 heteroatoms. The minimum absolute atomic E-state index is 0.0678. The summed E-state index contributed by atoms with van der Waals surface area (Å²) < 4.78 is 14.8. The predicted molar refractivity (Wildman–Crippen MR) is 249 cm³/mol. The molecule has 0 radical (unpaired) electrons. The van der Waals surface area contributed by atoms with E-state index in [2.05, 4.69) is 168 Å². The van der Waals surface area contributed by atoms with Gasteiger partial charge in [0.15, 0.2) is 0 Å². The Morgan fingerprint density at radius 1 is 0.534 bits per heavy atom. The van der Waals surface area contributed by atoms with Gasteiger partial charge in [0.2, 0.25) is 0 Å². The van der Waals surface area contributed by atoms with Crippen LogP contribution in [0.3, 0.4) is 0 Å². The maximum absolute atomic E-state index is 6.98. The summed E-state index contributed by atoms with van der Waals surface area (Å²) in [6.07, 6.45) is 2.76. The van der Waals surface area contributed by atoms with Crippen molar-refractivity contribution < 1.29 is 4.42 Å². The largest absolute Gasteiger partial charge is 0.458 e. The molecule has 58 heavy (non-hydrogen) atoms. The number of aliphatic imine (C=N–C) groups is 1. The second-order valence-corrected chi connectivity index (χ2v) is 17.8. The van der Waals surface area contributed by atoms with Crippen LogP contribution in [0.15, 0.2) is 173 Å². The second kappa shape index (κ2) is 12.5. The fourth-order valence-electron chi connectivity index (χ4n) is 9.92. The number of hydrogen-bond donors (Lipinski definition) is 0. The second-order valence-electron chi connectivity index (χ2n) is 15.6. The van der Waals surface area contributed by atoms with Crippen molar-refractivity contribution in [3.8, 4) is 11.1 Å². The van der Waals surface area contributed by atoms with Gasteiger partial charge in [-0.1, -0.05) is 121 Å². The summed E-state index contributed by atoms with van der Waals surface area (Å²) in [5, 5.41) is 11.5. The van der Waals surface area contributed by atoms with E-state index in [0.29, 0.717) is 0 Å². The fraction of sp³-hybridized carbons (Fsp3) is 0.0755. The van der Waals surface area contributed by atoms with Crippen molar-refractivity contribution in [1.82, 2.24) is 4.57 Å². The van der Waals surface area contributed by atoms with E-state index in [1.807, 2.05) is 22.7 Å². The average Bonchev–Trinajstić information content (AvgIpc) is 4.02. The number of nitrogens with zero attached hydrogens (tertiary/aromatic N) is 2. The summed E-state index contributed by atoms with van der Waals surface area (Å²) >= 11 is 3.82. The first kappa shape index (κ1) is 32.5. The molecule has 3 nitrogen and oxygen atoms in total. The molecule has 0 aliphatic carbocycles. The highest BCUT2D eigenvalue weighted by Crippen LogP contribution is 2.50. The number of thiophene rings is 2. The van der Waals surface area contributed by atoms with E-state index in [1.54, 1.807) is 0 Å². The van der Waals surface area contributed by atoms with Crippen molar-refractivity contribution in [3.05, 3.63) is 175 Å². The van der Waals surface area contributed by atoms with Gasteiger partial charge in [-0.05, 0) is 82.8 Å². The van der Waals surface area contributed by atoms with Crippen LogP contribution in [0.2, 0.25) is 0 Å². The molecular formula is C53H34N2OS2. The number of aromatic nitrogens is 1. The van der Waals surface area contributed by atoms with Crippen LogP contribution in [0.4, 0.5) is 5.69 Å². The first-order chi connectivity index (χ1) is 28.8. The Morgan fingerprint density at radius 3 is 2.14 bits per heavy atom. The van der Waals surface area contributed by atoms with E-state index in [4.69, 9.17) is 9.41 Å². The Bertz CT molecular complexity index is 3670. The van der Waals surface area contributed by atoms with E-state index < -0.39 is 0 Å². The molecule has 1 atom stereocenters. The van der Waals surface area contributed by atoms with Gasteiger partial charge in [-0.2, -0.15) is 0 Å². The zero-order chi connectivity index (χ0) is 37.9. The number of benzene rings is 8. The maximum Gasteiger partial charge on any atom is 0.138 e. The number of para-hydroxylation sites is 2. The van der Waals surface area contributed by atoms with Gasteiger partial charge in [-0.15, -0.1) is 22.7 Å². The van der Waals surface area contributed by atoms with Crippen molar-refractivity contribution in [1.29, 1.82) is 0 Å². The topological polar surface area (TPSA) is 30.4 Å². The Labute approximate surface area is 341 Å². The SMILES string of the molecule is c1ccc(-c2cc3c(c4ccccc24)c2ccccc2n3/C2=N/c3c(oc4ccccc34)C(c3cccc4c3sc3cc5sc6ccccc6c5cc34)CCC2)cc1. The highest BCUT2D eigenvalue weighted by Gasteiger charge is 2.30. The third-order valence-corrected chi connectivity index (χ3v) is 14.8. The lowest BCUT2D eigenvalue weighted by molar-refractivity contribution is 0.499. The summed E-state index contributed by atoms with van der Waals surface area (Å²) in [7, 11) is 0. The van der Waals surface area contributed by atoms with Crippen LogP contribution in [-0.4, -0.2) is 10.4 Å². The Kier molecular flexibility index (Phi) is 7.00. The molecule has 0 amide bonds. The molecule has 1 unspecified atom stereocenters. The molecule has 0 bridgehead atoms. The van der Waals surface area contributed by atoms with Gasteiger partial charge in [0.1, 0.15) is 22.9 Å². The summed E-state index contributed by atoms with van der Waals surface area (Å²) in [5.41, 5.74) is 7.99. The molecule has 8 aromatic carbocycles. The van der Waals surface area contributed by atoms with Crippen LogP contribution >= 0.6 is 22.7 Å². The molecule has 4 aromatic heterocycles. The van der Waals surface area contributed by atoms with E-state index in [9.17, 15) is 0 Å². The lowest BCUT2D eigenvalue weighted by Gasteiger charge is -2.21. The lowest BCUT2D eigenvalue weighted by Crippen LogP contribution is -2.14. The van der Waals surface area contributed by atoms with E-state index >= 15 is 0 Å². The Balaban J connectivity index is 1.05. The molecule has 1 aliphatic heterocycles. The number of rotatable bonds is 2. The van der Waals surface area contributed by atoms with Crippen LogP contribution in [0.25, 0.3) is 95.0 Å². The van der Waals surface area contributed by atoms with Gasteiger partial charge in [-0.3, -0.25) is 4.57 Å². The molecule has 13 rings (SSSR count). The van der Waals surface area contributed by atoms with Crippen molar-refractivity contribution in [3.63, 3.8) is 0 Å². The summed E-state index contributed by atoms with van der Waals surface area (Å²) in [5.74, 6) is 2.09. The quantitative estimate of drug-likeness (QED) is 0.172. The average molecular weight is 779 g/mol. The van der Waals surface area contributed by atoms with Crippen LogP contribution in [-0.2, 0) is 0 Å². The van der Waals surface area contributed by atoms with Crippen LogP contribution in [0.1, 0.15) is 36.5 Å². The summed E-state index contributed by atoms with van der Waals surface area (Å²) in [4.78, 5) is 5.76. The van der Waals surface area contributed by atoms with E-state index in [0.717, 1.165) is 47.5 Å². The highest BCUT2D eigenvalue weighted by atomic mass is 32.1. The molecule has 0 spiro atoms. The summed E-state index contributed by atoms with van der Waals surface area (Å²) in [6.45, 7) is 0. The molecule has 0 saturated heterocycles. The minimum atomic E-state index is 0.0678. The fourth-order valence-corrected chi connectivity index (χ4v) is 12.4. The first-order valence-corrected chi connectivity index (χ1v) is 21.8. The van der Waals surface area contributed by atoms with Crippen molar-refractivity contribution in [2.45, 2.75) is 25.2 Å². The van der Waals surface area contributed by atoms with E-state index in [1.165, 1.54) is 89.6 Å². The van der Waals surface area contributed by atoms with Crippen molar-refractivity contribution in [2.24, 2.45) is 4.99 Å². The summed E-state index contributed by atoms with van der Waals surface area (Å²) in [6, 6.07) is 60.0. The van der Waals surface area contributed by atoms with Gasteiger partial charge >= 0.3 is 0 Å². The van der Waals surface area contributed by atoms with Crippen LogP contribution < -0.4 is 0 Å². The zero-order valence-corrected chi connectivity index (χ0v) is 33.0. The lowest BCUT2D eigenvalue weighted by atomic mass is 9.88. The maximum atomic E-state index is 6.98. The van der Waals surface area contributed by atoms with Crippen molar-refractivity contribution >= 4 is 118 Å². The minimum Gasteiger partial charge on any atom is -0.458 e. The molecule has 0 fully saturated rings. The molecule has 0 saturated carbocycles. The van der Waals surface area contributed by atoms with Gasteiger partial charge < -0.3 is 4.42 Å². The van der Waals surface area contributed by atoms with Crippen molar-refractivity contribution in [2.75, 3.05) is 0 Å². The van der Waals surface area contributed by atoms with Gasteiger partial charge in [0, 0.05) is 68.8 Å². The normalized spacial score (nSPS) is 15.9. The molecule has 5 heterocycles. The zero-order valence-electron chi connectivity index (χ0n) is 31.4. The molecule has 274 valence electrons. The molecular weight excluding hydrogens is 745 g/mol. The van der Waals surface area contributed by atoms with Crippen LogP contribution in [0.5, 0.6) is 0 Å². The number of furan rings is 1. The third kappa shape index (κ3) is 4.69. The molecule has 12 aromatic rings.